The van der Waals surface area contributed by atoms with Crippen molar-refractivity contribution in [2.45, 2.75) is 17.0 Å². The molecule has 6 nitrogen and oxygen atoms in total. The third kappa shape index (κ3) is 7.72. The molecular formula is C10H13ClF5N3O3S. The fourth-order valence-electron chi connectivity index (χ4n) is 1.12. The van der Waals surface area contributed by atoms with Gasteiger partial charge in [0.15, 0.2) is 6.61 Å². The molecule has 0 aliphatic heterocycles. The quantitative estimate of drug-likeness (QED) is 0.690. The number of ether oxygens (including phenoxy) is 1. The minimum Gasteiger partial charge on any atom is -0.468 e. The van der Waals surface area contributed by atoms with E-state index in [9.17, 15) is 30.4 Å². The molecule has 13 heteroatoms. The van der Waals surface area contributed by atoms with Crippen molar-refractivity contribution in [2.75, 3.05) is 19.7 Å². The van der Waals surface area contributed by atoms with Gasteiger partial charge >= 0.3 is 6.18 Å². The lowest BCUT2D eigenvalue weighted by Crippen LogP contribution is -2.41. The molecule has 1 aromatic heterocycles. The topological polar surface area (TPSA) is 94.3 Å². The molecule has 0 aliphatic rings. The summed E-state index contributed by atoms with van der Waals surface area (Å²) in [6.45, 7) is -3.84. The highest BCUT2D eigenvalue weighted by Crippen LogP contribution is 2.18. The third-order valence-electron chi connectivity index (χ3n) is 2.22. The molecule has 3 N–H and O–H groups in total. The maximum atomic E-state index is 12.9. The van der Waals surface area contributed by atoms with Crippen LogP contribution in [0.1, 0.15) is 0 Å². The summed E-state index contributed by atoms with van der Waals surface area (Å²) in [7, 11) is -4.29. The Bertz CT molecular complexity index is 595. The fourth-order valence-corrected chi connectivity index (χ4v) is 2.13. The van der Waals surface area contributed by atoms with Crippen molar-refractivity contribution in [2.24, 2.45) is 5.73 Å². The van der Waals surface area contributed by atoms with Crippen LogP contribution in [0.2, 0.25) is 0 Å². The van der Waals surface area contributed by atoms with Gasteiger partial charge in [0, 0.05) is 6.07 Å². The standard InChI is InChI=1S/C10H12F5N3O3S.ClH/c11-9(12,4-16)5-18-22(19,20)7-1-2-8(17-3-7)21-6-10(13,14)15;/h1-3,18H,4-6,16H2;1H. The van der Waals surface area contributed by atoms with E-state index in [0.29, 0.717) is 6.20 Å². The molecule has 134 valence electrons. The number of nitrogens with one attached hydrogen (secondary N) is 1. The minimum atomic E-state index is -4.57. The summed E-state index contributed by atoms with van der Waals surface area (Å²) in [4.78, 5) is 2.86. The van der Waals surface area contributed by atoms with Crippen molar-refractivity contribution in [3.8, 4) is 5.88 Å². The van der Waals surface area contributed by atoms with Gasteiger partial charge in [-0.2, -0.15) is 13.2 Å². The molecule has 1 aromatic rings. The molecule has 0 saturated heterocycles. The largest absolute Gasteiger partial charge is 0.468 e. The second kappa shape index (κ2) is 8.04. The van der Waals surface area contributed by atoms with E-state index in [2.05, 4.69) is 9.72 Å². The predicted molar refractivity (Wildman–Crippen MR) is 72.2 cm³/mol. The summed E-state index contributed by atoms with van der Waals surface area (Å²) < 4.78 is 90.8. The first-order chi connectivity index (χ1) is 9.95. The number of nitrogens with two attached hydrogens (primary N) is 1. The molecule has 0 aliphatic carbocycles. The van der Waals surface area contributed by atoms with E-state index >= 15 is 0 Å². The van der Waals surface area contributed by atoms with Crippen molar-refractivity contribution in [3.63, 3.8) is 0 Å². The van der Waals surface area contributed by atoms with Crippen LogP contribution in [0.25, 0.3) is 0 Å². The van der Waals surface area contributed by atoms with Crippen LogP contribution in [0.15, 0.2) is 23.2 Å². The molecule has 0 amide bonds. The van der Waals surface area contributed by atoms with E-state index in [0.717, 1.165) is 12.1 Å². The highest BCUT2D eigenvalue weighted by Gasteiger charge is 2.30. The monoisotopic (exact) mass is 385 g/mol. The summed E-state index contributed by atoms with van der Waals surface area (Å²) in [6.07, 6.45) is -3.88. The molecular weight excluding hydrogens is 373 g/mol. The van der Waals surface area contributed by atoms with Crippen LogP contribution in [0.5, 0.6) is 5.88 Å². The SMILES string of the molecule is Cl.NCC(F)(F)CNS(=O)(=O)c1ccc(OCC(F)(F)F)nc1. The molecule has 0 saturated carbocycles. The first kappa shape index (κ1) is 21.8. The summed E-state index contributed by atoms with van der Waals surface area (Å²) in [5.41, 5.74) is 4.76. The van der Waals surface area contributed by atoms with Crippen LogP contribution in [0, 0.1) is 0 Å². The van der Waals surface area contributed by atoms with Gasteiger partial charge in [0.05, 0.1) is 19.3 Å². The number of alkyl halides is 5. The summed E-state index contributed by atoms with van der Waals surface area (Å²) in [5.74, 6) is -3.88. The molecule has 0 fully saturated rings. The Morgan fingerprint density at radius 1 is 1.22 bits per heavy atom. The minimum absolute atomic E-state index is 0. The van der Waals surface area contributed by atoms with Gasteiger partial charge in [-0.15, -0.1) is 12.4 Å². The Balaban J connectivity index is 0.00000484. The molecule has 0 unspecified atom stereocenters. The molecule has 0 bridgehead atoms. The van der Waals surface area contributed by atoms with Crippen molar-refractivity contribution in [1.29, 1.82) is 0 Å². The lowest BCUT2D eigenvalue weighted by Gasteiger charge is -2.14. The number of nitrogens with zero attached hydrogens (tertiary/aromatic N) is 1. The number of halogens is 6. The predicted octanol–water partition coefficient (Wildman–Crippen LogP) is 1.32. The zero-order chi connectivity index (χ0) is 17.0. The van der Waals surface area contributed by atoms with Crippen LogP contribution < -0.4 is 15.2 Å². The molecule has 1 rings (SSSR count). The van der Waals surface area contributed by atoms with Crippen LogP contribution in [0.4, 0.5) is 22.0 Å². The van der Waals surface area contributed by atoms with Crippen LogP contribution in [-0.2, 0) is 10.0 Å². The highest BCUT2D eigenvalue weighted by molar-refractivity contribution is 7.89. The zero-order valence-corrected chi connectivity index (χ0v) is 12.9. The summed E-state index contributed by atoms with van der Waals surface area (Å²) in [5, 5.41) is 0. The second-order valence-electron chi connectivity index (χ2n) is 4.12. The van der Waals surface area contributed by atoms with E-state index in [1.807, 2.05) is 0 Å². The van der Waals surface area contributed by atoms with Crippen LogP contribution >= 0.6 is 12.4 Å². The molecule has 0 spiro atoms. The van der Waals surface area contributed by atoms with Gasteiger partial charge < -0.3 is 10.5 Å². The molecule has 0 aromatic carbocycles. The summed E-state index contributed by atoms with van der Waals surface area (Å²) >= 11 is 0. The maximum absolute atomic E-state index is 12.9. The Labute approximate surface area is 134 Å². The van der Waals surface area contributed by atoms with Gasteiger partial charge in [-0.25, -0.2) is 26.9 Å². The first-order valence-corrected chi connectivity index (χ1v) is 7.17. The van der Waals surface area contributed by atoms with Crippen LogP contribution in [-0.4, -0.2) is 45.2 Å². The van der Waals surface area contributed by atoms with Gasteiger partial charge in [0.2, 0.25) is 15.9 Å². The lowest BCUT2D eigenvalue weighted by molar-refractivity contribution is -0.154. The van der Waals surface area contributed by atoms with Gasteiger partial charge in [0.25, 0.3) is 5.92 Å². The maximum Gasteiger partial charge on any atom is 0.422 e. The average Bonchev–Trinajstić information content (AvgIpc) is 2.43. The van der Waals surface area contributed by atoms with E-state index in [4.69, 9.17) is 5.73 Å². The number of rotatable bonds is 7. The molecule has 23 heavy (non-hydrogen) atoms. The van der Waals surface area contributed by atoms with Crippen molar-refractivity contribution < 1.29 is 35.1 Å². The number of hydrogen-bond acceptors (Lipinski definition) is 5. The van der Waals surface area contributed by atoms with Gasteiger partial charge in [-0.3, -0.25) is 0 Å². The van der Waals surface area contributed by atoms with Crippen molar-refractivity contribution in [1.82, 2.24) is 9.71 Å². The van der Waals surface area contributed by atoms with E-state index < -0.39 is 52.6 Å². The van der Waals surface area contributed by atoms with E-state index in [1.165, 1.54) is 0 Å². The second-order valence-corrected chi connectivity index (χ2v) is 5.89. The molecule has 0 radical (unpaired) electrons. The van der Waals surface area contributed by atoms with E-state index in [-0.39, 0.29) is 12.4 Å². The highest BCUT2D eigenvalue weighted by atomic mass is 35.5. The number of pyridine rings is 1. The van der Waals surface area contributed by atoms with Gasteiger partial charge in [-0.05, 0) is 6.07 Å². The number of sulfonamides is 1. The Hall–Kier alpha value is -1.24. The van der Waals surface area contributed by atoms with Gasteiger partial charge in [-0.1, -0.05) is 0 Å². The Morgan fingerprint density at radius 2 is 1.83 bits per heavy atom. The average molecular weight is 386 g/mol. The van der Waals surface area contributed by atoms with Crippen LogP contribution in [0.3, 0.4) is 0 Å². The van der Waals surface area contributed by atoms with Crippen molar-refractivity contribution >= 4 is 22.4 Å². The lowest BCUT2D eigenvalue weighted by atomic mass is 10.3. The Morgan fingerprint density at radius 3 is 2.26 bits per heavy atom. The number of hydrogen-bond donors (Lipinski definition) is 2. The fraction of sp³-hybridized carbons (Fsp3) is 0.500. The normalized spacial score (nSPS) is 12.6. The smallest absolute Gasteiger partial charge is 0.422 e. The van der Waals surface area contributed by atoms with Gasteiger partial charge in [0.1, 0.15) is 4.90 Å². The Kier molecular flexibility index (Phi) is 7.60. The molecule has 1 heterocycles. The summed E-state index contributed by atoms with van der Waals surface area (Å²) in [6, 6.07) is 1.75. The van der Waals surface area contributed by atoms with Crippen molar-refractivity contribution in [3.05, 3.63) is 18.3 Å². The third-order valence-corrected chi connectivity index (χ3v) is 3.61. The zero-order valence-electron chi connectivity index (χ0n) is 11.3. The van der Waals surface area contributed by atoms with E-state index in [1.54, 1.807) is 4.72 Å². The molecule has 0 atom stereocenters. The first-order valence-electron chi connectivity index (χ1n) is 5.68. The number of aromatic nitrogens is 1.